The van der Waals surface area contributed by atoms with Crippen molar-refractivity contribution in [2.45, 2.75) is 19.2 Å². The van der Waals surface area contributed by atoms with Gasteiger partial charge < -0.3 is 4.90 Å². The van der Waals surface area contributed by atoms with E-state index in [1.54, 1.807) is 6.08 Å². The van der Waals surface area contributed by atoms with Crippen molar-refractivity contribution in [1.82, 2.24) is 4.90 Å². The Kier molecular flexibility index (Phi) is 10.6. The lowest BCUT2D eigenvalue weighted by Gasteiger charge is -2.35. The molecule has 1 aliphatic rings. The van der Waals surface area contributed by atoms with Crippen LogP contribution in [0.1, 0.15) is 52.7 Å². The summed E-state index contributed by atoms with van der Waals surface area (Å²) in [6.07, 6.45) is 13.6. The van der Waals surface area contributed by atoms with Crippen LogP contribution in [0.2, 0.25) is 0 Å². The molecule has 0 atom stereocenters. The van der Waals surface area contributed by atoms with Gasteiger partial charge in [0, 0.05) is 20.3 Å². The van der Waals surface area contributed by atoms with Gasteiger partial charge in [-0.15, -0.1) is 0 Å². The molecule has 1 aliphatic carbocycles. The molecular formula is C63H51N. The third kappa shape index (κ3) is 7.85. The van der Waals surface area contributed by atoms with Gasteiger partial charge in [0.05, 0.1) is 8.16 Å². The third-order valence-corrected chi connectivity index (χ3v) is 12.1. The zero-order valence-corrected chi connectivity index (χ0v) is 35.8. The van der Waals surface area contributed by atoms with E-state index >= 15 is 0 Å². The van der Waals surface area contributed by atoms with Gasteiger partial charge in [0.15, 0.2) is 0 Å². The summed E-state index contributed by atoms with van der Waals surface area (Å²) in [6, 6.07) is 66.1. The summed E-state index contributed by atoms with van der Waals surface area (Å²) in [5, 5.41) is 4.52. The van der Waals surface area contributed by atoms with Crippen molar-refractivity contribution in [3.8, 4) is 11.1 Å². The van der Waals surface area contributed by atoms with E-state index in [1.165, 1.54) is 5.39 Å². The van der Waals surface area contributed by atoms with Crippen LogP contribution < -0.4 is 0 Å². The highest BCUT2D eigenvalue weighted by atomic mass is 15.1. The molecule has 1 heteroatoms. The predicted molar refractivity (Wildman–Crippen MR) is 275 cm³/mol. The molecule has 64 heavy (non-hydrogen) atoms. The van der Waals surface area contributed by atoms with Crippen LogP contribution in [0, 0.1) is 0 Å². The van der Waals surface area contributed by atoms with Gasteiger partial charge >= 0.3 is 0 Å². The number of hydrogen-bond donors (Lipinski definition) is 0. The zero-order valence-electron chi connectivity index (χ0n) is 39.8. The SMILES string of the molecule is [2H]C/C(=C([2H])\C([2H])=C(/C[2H])N(/C=C/C1=C(C=C)c2ccccc2C1(c1ccccc1)c1ccccc1)C(/C=C/c1cc2ccccc2c2ccccc12)=C/C=C)c1cccc(-c2ccccc2)c1. The van der Waals surface area contributed by atoms with E-state index in [0.29, 0.717) is 16.8 Å². The molecule has 0 unspecified atom stereocenters. The second-order valence-corrected chi connectivity index (χ2v) is 15.8. The third-order valence-electron chi connectivity index (χ3n) is 12.1. The Balaban J connectivity index is 1.27. The van der Waals surface area contributed by atoms with E-state index in [-0.39, 0.29) is 31.6 Å². The lowest BCUT2D eigenvalue weighted by Crippen LogP contribution is -2.29. The fraction of sp³-hybridized carbons (Fsp3) is 0.0476. The molecule has 0 bridgehead atoms. The second kappa shape index (κ2) is 18.5. The second-order valence-electron chi connectivity index (χ2n) is 15.8. The van der Waals surface area contributed by atoms with Crippen LogP contribution in [0.5, 0.6) is 0 Å². The average Bonchev–Trinajstić information content (AvgIpc) is 3.69. The lowest BCUT2D eigenvalue weighted by molar-refractivity contribution is 0.592. The first kappa shape index (κ1) is 36.6. The average molecular weight is 826 g/mol. The minimum atomic E-state index is -0.760. The van der Waals surface area contributed by atoms with Gasteiger partial charge in [-0.25, -0.2) is 0 Å². The van der Waals surface area contributed by atoms with Crippen LogP contribution in [0.4, 0.5) is 0 Å². The Morgan fingerprint density at radius 1 is 0.594 bits per heavy atom. The Bertz CT molecular complexity index is 3320. The van der Waals surface area contributed by atoms with Crippen molar-refractivity contribution in [3.05, 3.63) is 306 Å². The van der Waals surface area contributed by atoms with Gasteiger partial charge in [-0.1, -0.05) is 219 Å². The smallest absolute Gasteiger partial charge is 0.0714 e. The van der Waals surface area contributed by atoms with Crippen molar-refractivity contribution in [2.75, 3.05) is 0 Å². The van der Waals surface area contributed by atoms with Crippen LogP contribution in [0.3, 0.4) is 0 Å². The monoisotopic (exact) mass is 825 g/mol. The minimum absolute atomic E-state index is 0.115. The molecule has 0 fully saturated rings. The topological polar surface area (TPSA) is 3.24 Å². The molecule has 0 aliphatic heterocycles. The van der Waals surface area contributed by atoms with Gasteiger partial charge in [-0.2, -0.15) is 0 Å². The predicted octanol–water partition coefficient (Wildman–Crippen LogP) is 16.6. The molecule has 0 aromatic heterocycles. The summed E-state index contributed by atoms with van der Waals surface area (Å²) < 4.78 is 37.4. The van der Waals surface area contributed by atoms with Gasteiger partial charge in [0.2, 0.25) is 0 Å². The summed E-state index contributed by atoms with van der Waals surface area (Å²) >= 11 is 0. The Labute approximate surface area is 384 Å². The van der Waals surface area contributed by atoms with Crippen molar-refractivity contribution in [3.63, 3.8) is 0 Å². The first-order valence-corrected chi connectivity index (χ1v) is 21.5. The molecule has 0 heterocycles. The van der Waals surface area contributed by atoms with E-state index in [1.807, 2.05) is 96.1 Å². The van der Waals surface area contributed by atoms with Crippen LogP contribution in [0.25, 0.3) is 49.9 Å². The van der Waals surface area contributed by atoms with E-state index in [4.69, 9.17) is 1.37 Å². The first-order valence-electron chi connectivity index (χ1n) is 23.9. The Hall–Kier alpha value is -8.00. The van der Waals surface area contributed by atoms with E-state index in [0.717, 1.165) is 66.2 Å². The molecule has 0 saturated carbocycles. The largest absolute Gasteiger partial charge is 0.321 e. The number of fused-ring (bicyclic) bond motifs is 4. The molecular weight excluding hydrogens is 771 g/mol. The van der Waals surface area contributed by atoms with Crippen molar-refractivity contribution >= 4 is 38.8 Å². The zero-order chi connectivity index (χ0) is 47.0. The highest BCUT2D eigenvalue weighted by molar-refractivity contribution is 6.10. The van der Waals surface area contributed by atoms with Crippen molar-refractivity contribution < 1.29 is 5.48 Å². The van der Waals surface area contributed by atoms with Crippen LogP contribution in [-0.2, 0) is 5.41 Å². The number of hydrogen-bond acceptors (Lipinski definition) is 1. The van der Waals surface area contributed by atoms with Gasteiger partial charge in [-0.05, 0) is 133 Å². The quantitative estimate of drug-likeness (QED) is 0.0827. The van der Waals surface area contributed by atoms with Gasteiger partial charge in [-0.3, -0.25) is 0 Å². The molecule has 308 valence electrons. The lowest BCUT2D eigenvalue weighted by atomic mass is 9.67. The molecule has 1 nitrogen and oxygen atoms in total. The van der Waals surface area contributed by atoms with Gasteiger partial charge in [0.25, 0.3) is 0 Å². The highest BCUT2D eigenvalue weighted by Gasteiger charge is 2.46. The van der Waals surface area contributed by atoms with Crippen LogP contribution in [-0.4, -0.2) is 4.90 Å². The van der Waals surface area contributed by atoms with Crippen LogP contribution >= 0.6 is 0 Å². The minimum Gasteiger partial charge on any atom is -0.321 e. The van der Waals surface area contributed by atoms with E-state index in [2.05, 4.69) is 153 Å². The Morgan fingerprint density at radius 2 is 1.23 bits per heavy atom. The van der Waals surface area contributed by atoms with E-state index < -0.39 is 5.41 Å². The standard InChI is InChI=1S/C63H51N/c1-5-23-55(41-40-52-45-51-26-16-17-33-57(51)59-35-19-18-34-58(52)59)64(47(4)39-38-46(3)49-27-22-28-50(44-49)48-24-10-7-11-25-48)43-42-62-56(6-2)60-36-20-21-37-61(60)63(62,53-29-12-8-13-30-53)54-31-14-9-15-32-54/h5-45H,1-2H2,3-4H3/b41-40+,43-42+,46-38+,47-39+,55-23+/i3D,4D,38D,39D. The van der Waals surface area contributed by atoms with Crippen molar-refractivity contribution in [2.24, 2.45) is 0 Å². The summed E-state index contributed by atoms with van der Waals surface area (Å²) in [5.41, 5.74) is 10.5. The normalized spacial score (nSPS) is 15.3. The maximum Gasteiger partial charge on any atom is 0.0714 e. The highest BCUT2D eigenvalue weighted by Crippen LogP contribution is 2.55. The number of nitrogens with zero attached hydrogens (tertiary/aromatic N) is 1. The number of benzene rings is 8. The summed E-state index contributed by atoms with van der Waals surface area (Å²) in [4.78, 5) is 1.85. The maximum absolute atomic E-state index is 9.85. The summed E-state index contributed by atoms with van der Waals surface area (Å²) in [5.74, 6) is 0. The van der Waals surface area contributed by atoms with Crippen molar-refractivity contribution in [1.29, 1.82) is 0 Å². The molecule has 0 amide bonds. The molecule has 9 rings (SSSR count). The molecule has 0 radical (unpaired) electrons. The molecule has 0 N–H and O–H groups in total. The summed E-state index contributed by atoms with van der Waals surface area (Å²) in [7, 11) is 0. The Morgan fingerprint density at radius 3 is 1.94 bits per heavy atom. The number of allylic oxidation sites excluding steroid dienone is 11. The molecule has 0 saturated heterocycles. The first-order chi connectivity index (χ1) is 33.4. The van der Waals surface area contributed by atoms with E-state index in [9.17, 15) is 4.11 Å². The molecule has 0 spiro atoms. The summed E-state index contributed by atoms with van der Waals surface area (Å²) in [6.45, 7) is 7.95. The molecule has 8 aromatic carbocycles. The van der Waals surface area contributed by atoms with Crippen LogP contribution in [0.15, 0.2) is 273 Å². The van der Waals surface area contributed by atoms with Gasteiger partial charge in [0.1, 0.15) is 0 Å². The fourth-order valence-corrected chi connectivity index (χ4v) is 9.15. The molecule has 8 aromatic rings. The number of rotatable bonds is 13. The fourth-order valence-electron chi connectivity index (χ4n) is 9.15. The maximum atomic E-state index is 9.85.